The molecular weight excluding hydrogens is 794 g/mol. The predicted octanol–water partition coefficient (Wildman–Crippen LogP) is 9.25. The number of thiazole rings is 1. The average molecular weight is 833 g/mol. The van der Waals surface area contributed by atoms with Crippen molar-refractivity contribution < 1.29 is 30.5 Å². The maximum absolute atomic E-state index is 12.8. The molecule has 0 amide bonds. The first-order valence-corrected chi connectivity index (χ1v) is 22.8. The zero-order chi connectivity index (χ0) is 37.5. The summed E-state index contributed by atoms with van der Waals surface area (Å²) in [5.74, 6) is -0.288. The quantitative estimate of drug-likeness (QED) is 0.0666. The Morgan fingerprint density at radius 1 is 0.943 bits per heavy atom. The lowest BCUT2D eigenvalue weighted by Gasteiger charge is -2.34. The van der Waals surface area contributed by atoms with Crippen molar-refractivity contribution in [3.05, 3.63) is 122 Å². The van der Waals surface area contributed by atoms with Gasteiger partial charge in [-0.1, -0.05) is 58.8 Å². The molecule has 0 radical (unpaired) electrons. The second-order valence-corrected chi connectivity index (χ2v) is 19.6. The summed E-state index contributed by atoms with van der Waals surface area (Å²) in [6.45, 7) is 1.09. The van der Waals surface area contributed by atoms with E-state index in [9.17, 15) is 25.9 Å². The molecular formula is C38H39Cl2N3O6S4+2. The standard InChI is InChI=1S/C38H37Cl2N3O6S4/c1-41(30-8-3-2-4-9-30)38-26(13-19-35-42(21-5-6-23-52(44,45)46)31-24-28(39)15-17-33(31)50-35)11-12-27(38)14-20-36-43(22-7-10-37(43)53(47,48)49)32-25-29(40)16-18-34(32)51-36/h2-4,8-9,13-20,24-25,37H,5-7,10-12,21-23H2,1H3/p+2/b27-14+,36-20?. The van der Waals surface area contributed by atoms with Crippen LogP contribution in [0.25, 0.3) is 16.3 Å². The van der Waals surface area contributed by atoms with Crippen LogP contribution in [0.5, 0.6) is 0 Å². The van der Waals surface area contributed by atoms with Crippen molar-refractivity contribution in [2.24, 2.45) is 0 Å². The molecule has 2 aliphatic heterocycles. The van der Waals surface area contributed by atoms with Gasteiger partial charge in [-0.25, -0.2) is 4.48 Å². The number of thioether (sulfide) groups is 1. The van der Waals surface area contributed by atoms with Crippen LogP contribution in [-0.4, -0.2) is 50.7 Å². The van der Waals surface area contributed by atoms with Gasteiger partial charge in [0.2, 0.25) is 10.9 Å². The average Bonchev–Trinajstić information content (AvgIpc) is 3.88. The zero-order valence-corrected chi connectivity index (χ0v) is 33.6. The maximum atomic E-state index is 12.8. The minimum absolute atomic E-state index is 0.0314. The topological polar surface area (TPSA) is 116 Å². The number of quaternary nitrogens is 1. The Balaban J connectivity index is 1.29. The van der Waals surface area contributed by atoms with Crippen molar-refractivity contribution in [2.75, 3.05) is 24.2 Å². The molecule has 9 nitrogen and oxygen atoms in total. The summed E-state index contributed by atoms with van der Waals surface area (Å²) in [5, 5.41) is 1.93. The molecule has 4 aromatic rings. The Bertz CT molecular complexity index is 2430. The number of aryl methyl sites for hydroxylation is 1. The Morgan fingerprint density at radius 2 is 1.70 bits per heavy atom. The van der Waals surface area contributed by atoms with E-state index in [2.05, 4.69) is 39.8 Å². The first kappa shape index (κ1) is 38.3. The molecule has 53 heavy (non-hydrogen) atoms. The number of likely N-dealkylation sites (N-methyl/N-ethyl adjacent to an activating group) is 1. The molecule has 3 aliphatic rings. The highest BCUT2D eigenvalue weighted by molar-refractivity contribution is 8.03. The monoisotopic (exact) mass is 831 g/mol. The number of halogens is 2. The van der Waals surface area contributed by atoms with E-state index in [0.29, 0.717) is 48.8 Å². The van der Waals surface area contributed by atoms with Crippen molar-refractivity contribution in [1.29, 1.82) is 0 Å². The van der Waals surface area contributed by atoms with E-state index in [1.807, 2.05) is 67.7 Å². The van der Waals surface area contributed by atoms with Crippen molar-refractivity contribution in [3.8, 4) is 0 Å². The minimum Gasteiger partial charge on any atom is -0.344 e. The Labute approximate surface area is 328 Å². The van der Waals surface area contributed by atoms with Crippen LogP contribution in [0.2, 0.25) is 10.0 Å². The number of rotatable bonds is 11. The molecule has 1 fully saturated rings. The number of benzene rings is 3. The van der Waals surface area contributed by atoms with E-state index < -0.39 is 25.6 Å². The molecule has 0 bridgehead atoms. The number of aromatic nitrogens is 1. The van der Waals surface area contributed by atoms with Crippen molar-refractivity contribution in [1.82, 2.24) is 4.48 Å². The van der Waals surface area contributed by atoms with Gasteiger partial charge in [0.05, 0.1) is 17.2 Å². The molecule has 3 aromatic carbocycles. The van der Waals surface area contributed by atoms with Crippen LogP contribution in [0.15, 0.2) is 112 Å². The summed E-state index contributed by atoms with van der Waals surface area (Å²) in [4.78, 5) is 3.11. The van der Waals surface area contributed by atoms with Gasteiger partial charge in [0.25, 0.3) is 15.1 Å². The summed E-state index contributed by atoms with van der Waals surface area (Å²) < 4.78 is 71.3. The molecule has 7 rings (SSSR count). The van der Waals surface area contributed by atoms with Gasteiger partial charge < -0.3 is 4.90 Å². The van der Waals surface area contributed by atoms with Crippen LogP contribution in [0.4, 0.5) is 11.4 Å². The SMILES string of the molecule is CN(C1=C(C=Cc2sc3ccc(Cl)cc3[n+]2CCCCS(=O)(=O)O)CC/C1=C\C=C1Sc2ccc(Cl)cc2[N+]12CCCC2S(=O)(=O)O)c1ccccc1. The molecule has 1 aliphatic carbocycles. The van der Waals surface area contributed by atoms with Crippen LogP contribution in [0, 0.1) is 0 Å². The second-order valence-electron chi connectivity index (χ2n) is 13.4. The number of hydrogen-bond donors (Lipinski definition) is 2. The summed E-state index contributed by atoms with van der Waals surface area (Å²) in [6, 6.07) is 21.4. The van der Waals surface area contributed by atoms with Gasteiger partial charge in [-0.05, 0) is 84.6 Å². The fourth-order valence-electron chi connectivity index (χ4n) is 7.73. The first-order valence-electron chi connectivity index (χ1n) is 17.3. The van der Waals surface area contributed by atoms with Gasteiger partial charge >= 0.3 is 10.1 Å². The summed E-state index contributed by atoms with van der Waals surface area (Å²) >= 11 is 16.0. The molecule has 2 unspecified atom stereocenters. The van der Waals surface area contributed by atoms with Gasteiger partial charge in [0, 0.05) is 72.0 Å². The van der Waals surface area contributed by atoms with Crippen LogP contribution >= 0.6 is 46.3 Å². The van der Waals surface area contributed by atoms with E-state index in [4.69, 9.17) is 23.2 Å². The number of para-hydroxylation sites is 1. The third-order valence-corrected chi connectivity index (χ3v) is 15.0. The highest BCUT2D eigenvalue weighted by Gasteiger charge is 2.58. The smallest absolute Gasteiger partial charge is 0.320 e. The minimum atomic E-state index is -4.37. The van der Waals surface area contributed by atoms with E-state index >= 15 is 0 Å². The number of unbranched alkanes of at least 4 members (excludes halogenated alkanes) is 1. The molecule has 1 aromatic heterocycles. The molecule has 1 saturated heterocycles. The normalized spacial score (nSPS) is 22.0. The van der Waals surface area contributed by atoms with Gasteiger partial charge in [-0.3, -0.25) is 9.11 Å². The Kier molecular flexibility index (Phi) is 11.0. The van der Waals surface area contributed by atoms with E-state index in [0.717, 1.165) is 66.2 Å². The fraction of sp³-hybridized carbons (Fsp3) is 0.289. The molecule has 2 N–H and O–H groups in total. The lowest BCUT2D eigenvalue weighted by Crippen LogP contribution is -2.52. The number of allylic oxidation sites excluding steroid dienone is 5. The number of anilines is 1. The largest absolute Gasteiger partial charge is 0.344 e. The van der Waals surface area contributed by atoms with Crippen LogP contribution in [0.1, 0.15) is 43.5 Å². The van der Waals surface area contributed by atoms with E-state index in [-0.39, 0.29) is 10.2 Å². The third-order valence-electron chi connectivity index (χ3n) is 10.1. The summed E-state index contributed by atoms with van der Waals surface area (Å²) in [6.07, 6.45) is 11.8. The first-order chi connectivity index (χ1) is 25.2. The lowest BCUT2D eigenvalue weighted by molar-refractivity contribution is -0.669. The van der Waals surface area contributed by atoms with Crippen molar-refractivity contribution >= 4 is 94.2 Å². The zero-order valence-electron chi connectivity index (χ0n) is 28.9. The van der Waals surface area contributed by atoms with Crippen LogP contribution < -0.4 is 14.0 Å². The molecule has 3 heterocycles. The molecule has 0 saturated carbocycles. The maximum Gasteiger partial charge on any atom is 0.320 e. The fourth-order valence-corrected chi connectivity index (χ4v) is 12.3. The molecule has 2 atom stereocenters. The third kappa shape index (κ3) is 7.91. The molecule has 278 valence electrons. The van der Waals surface area contributed by atoms with Crippen molar-refractivity contribution in [3.63, 3.8) is 0 Å². The van der Waals surface area contributed by atoms with E-state index in [1.165, 1.54) is 11.8 Å². The number of nitrogens with zero attached hydrogens (tertiary/aromatic N) is 3. The van der Waals surface area contributed by atoms with Gasteiger partial charge in [-0.2, -0.15) is 21.4 Å². The predicted molar refractivity (Wildman–Crippen MR) is 218 cm³/mol. The number of hydrogen-bond acceptors (Lipinski definition) is 7. The highest BCUT2D eigenvalue weighted by Crippen LogP contribution is 2.57. The summed E-state index contributed by atoms with van der Waals surface area (Å²) in [5.41, 5.74) is 6.06. The molecule has 1 spiro atoms. The van der Waals surface area contributed by atoms with Gasteiger partial charge in [0.1, 0.15) is 4.70 Å². The summed E-state index contributed by atoms with van der Waals surface area (Å²) in [7, 11) is -6.36. The second kappa shape index (κ2) is 15.3. The van der Waals surface area contributed by atoms with Crippen LogP contribution in [0.3, 0.4) is 0 Å². The van der Waals surface area contributed by atoms with Crippen molar-refractivity contribution in [2.45, 2.75) is 55.3 Å². The molecule has 15 heteroatoms. The lowest BCUT2D eigenvalue weighted by atomic mass is 10.1. The van der Waals surface area contributed by atoms with E-state index in [1.54, 1.807) is 11.3 Å². The Hall–Kier alpha value is -2.98. The Morgan fingerprint density at radius 3 is 2.45 bits per heavy atom. The van der Waals surface area contributed by atoms with Crippen LogP contribution in [-0.2, 0) is 26.8 Å². The van der Waals surface area contributed by atoms with Gasteiger partial charge in [-0.15, -0.1) is 0 Å². The number of fused-ring (bicyclic) bond motifs is 3. The van der Waals surface area contributed by atoms with Gasteiger partial charge in [0.15, 0.2) is 17.3 Å². The highest BCUT2D eigenvalue weighted by atomic mass is 35.5.